The summed E-state index contributed by atoms with van der Waals surface area (Å²) in [6.07, 6.45) is -2.73. The second-order valence-electron chi connectivity index (χ2n) is 2.25. The molecule has 0 aromatic heterocycles. The van der Waals surface area contributed by atoms with Crippen LogP contribution < -0.4 is 0 Å². The highest BCUT2D eigenvalue weighted by molar-refractivity contribution is 8.14. The minimum atomic E-state index is -1.51. The summed E-state index contributed by atoms with van der Waals surface area (Å²) in [6, 6.07) is 0. The van der Waals surface area contributed by atoms with Crippen molar-refractivity contribution in [2.75, 3.05) is 5.75 Å². The molecule has 1 rings (SSSR count). The van der Waals surface area contributed by atoms with Gasteiger partial charge in [-0.3, -0.25) is 9.63 Å². The maximum atomic E-state index is 10.9. The van der Waals surface area contributed by atoms with Gasteiger partial charge in [-0.15, -0.1) is 20.2 Å². The van der Waals surface area contributed by atoms with Crippen LogP contribution in [0, 0.1) is 20.2 Å². The van der Waals surface area contributed by atoms with Gasteiger partial charge in [0.1, 0.15) is 0 Å². The van der Waals surface area contributed by atoms with Gasteiger partial charge in [0.15, 0.2) is 6.10 Å². The van der Waals surface area contributed by atoms with E-state index in [2.05, 4.69) is 9.68 Å². The Hall–Kier alpha value is -1.58. The first-order valence-electron chi connectivity index (χ1n) is 3.29. The smallest absolute Gasteiger partial charge is 0.295 e. The van der Waals surface area contributed by atoms with E-state index in [1.807, 2.05) is 0 Å². The van der Waals surface area contributed by atoms with Crippen LogP contribution in [-0.4, -0.2) is 33.2 Å². The van der Waals surface area contributed by atoms with E-state index in [0.29, 0.717) is 11.8 Å². The van der Waals surface area contributed by atoms with E-state index >= 15 is 0 Å². The zero-order valence-electron chi connectivity index (χ0n) is 6.52. The van der Waals surface area contributed by atoms with Crippen LogP contribution in [0.4, 0.5) is 0 Å². The maximum Gasteiger partial charge on any atom is 0.295 e. The predicted molar refractivity (Wildman–Crippen MR) is 41.2 cm³/mol. The summed E-state index contributed by atoms with van der Waals surface area (Å²) in [5.41, 5.74) is 0. The molecule has 1 heterocycles. The van der Waals surface area contributed by atoms with Crippen LogP contribution in [0.5, 0.6) is 0 Å². The lowest BCUT2D eigenvalue weighted by Crippen LogP contribution is -2.35. The molecule has 1 aliphatic heterocycles. The van der Waals surface area contributed by atoms with Gasteiger partial charge in [0.05, 0.1) is 0 Å². The fourth-order valence-corrected chi connectivity index (χ4v) is 1.81. The van der Waals surface area contributed by atoms with Crippen molar-refractivity contribution in [1.82, 2.24) is 0 Å². The van der Waals surface area contributed by atoms with Crippen molar-refractivity contribution in [3.63, 3.8) is 0 Å². The summed E-state index contributed by atoms with van der Waals surface area (Å²) >= 11 is 0.700. The first-order chi connectivity index (χ1) is 6.50. The fourth-order valence-electron chi connectivity index (χ4n) is 0.885. The predicted octanol–water partition coefficient (Wildman–Crippen LogP) is -0.586. The minimum Gasteiger partial charge on any atom is -0.307 e. The fraction of sp³-hybridized carbons (Fsp3) is 0.750. The molecule has 1 saturated heterocycles. The largest absolute Gasteiger partial charge is 0.307 e. The first kappa shape index (κ1) is 10.5. The minimum absolute atomic E-state index is 0.0294. The lowest BCUT2D eigenvalue weighted by Gasteiger charge is -2.12. The van der Waals surface area contributed by atoms with Crippen LogP contribution in [0.3, 0.4) is 0 Å². The number of thioether (sulfide) groups is 1. The Labute approximate surface area is 80.6 Å². The van der Waals surface area contributed by atoms with Gasteiger partial charge in [0.2, 0.25) is 11.2 Å². The molecular weight excluding hydrogens is 220 g/mol. The molecule has 0 aromatic carbocycles. The molecule has 0 aliphatic carbocycles. The molecule has 1 fully saturated rings. The van der Waals surface area contributed by atoms with Crippen molar-refractivity contribution >= 4 is 16.9 Å². The van der Waals surface area contributed by atoms with Crippen LogP contribution >= 0.6 is 11.8 Å². The number of hydrogen-bond acceptors (Lipinski definition) is 8. The average Bonchev–Trinajstić information content (AvgIpc) is 2.34. The average molecular weight is 224 g/mol. The van der Waals surface area contributed by atoms with E-state index in [1.165, 1.54) is 0 Å². The van der Waals surface area contributed by atoms with Crippen LogP contribution in [0.2, 0.25) is 0 Å². The third-order valence-corrected chi connectivity index (χ3v) is 2.39. The second-order valence-corrected chi connectivity index (χ2v) is 3.27. The number of hydrogen-bond donors (Lipinski definition) is 0. The summed E-state index contributed by atoms with van der Waals surface area (Å²) in [5.74, 6) is -0.0294. The highest BCUT2D eigenvalue weighted by atomic mass is 32.2. The van der Waals surface area contributed by atoms with E-state index in [1.54, 1.807) is 0 Å². The highest BCUT2D eigenvalue weighted by Crippen LogP contribution is 2.25. The first-order valence-corrected chi connectivity index (χ1v) is 4.28. The third-order valence-electron chi connectivity index (χ3n) is 1.38. The molecule has 0 radical (unpaired) electrons. The molecule has 14 heavy (non-hydrogen) atoms. The van der Waals surface area contributed by atoms with Crippen LogP contribution in [-0.2, 0) is 14.5 Å². The molecule has 2 atom stereocenters. The Balaban J connectivity index is 2.61. The SMILES string of the molecule is O=C1SCC(O[N+](=O)[O-])C1O[N+](=O)[O-]. The molecule has 0 bridgehead atoms. The molecule has 0 N–H and O–H groups in total. The molecular formula is C4H4N2O7S. The summed E-state index contributed by atoms with van der Waals surface area (Å²) in [5, 5.41) is 16.9. The van der Waals surface area contributed by atoms with Crippen LogP contribution in [0.25, 0.3) is 0 Å². The summed E-state index contributed by atoms with van der Waals surface area (Å²) in [6.45, 7) is 0. The molecule has 1 aliphatic rings. The Morgan fingerprint density at radius 3 is 2.36 bits per heavy atom. The van der Waals surface area contributed by atoms with Crippen molar-refractivity contribution < 1.29 is 24.6 Å². The van der Waals surface area contributed by atoms with Gasteiger partial charge in [-0.1, -0.05) is 11.8 Å². The second kappa shape index (κ2) is 4.09. The molecule has 0 amide bonds. The zero-order chi connectivity index (χ0) is 10.7. The Kier molecular flexibility index (Phi) is 3.06. The van der Waals surface area contributed by atoms with Crippen molar-refractivity contribution in [2.45, 2.75) is 12.2 Å². The summed E-state index contributed by atoms with van der Waals surface area (Å²) in [4.78, 5) is 38.8. The maximum absolute atomic E-state index is 10.9. The molecule has 0 spiro atoms. The summed E-state index contributed by atoms with van der Waals surface area (Å²) in [7, 11) is 0. The Morgan fingerprint density at radius 2 is 1.86 bits per heavy atom. The standard InChI is InChI=1S/C4H4N2O7S/c7-4-3(13-6(10)11)2(1-14-4)12-5(8)9/h2-3H,1H2. The number of rotatable bonds is 4. The van der Waals surface area contributed by atoms with E-state index in [0.717, 1.165) is 0 Å². The summed E-state index contributed by atoms with van der Waals surface area (Å²) < 4.78 is 0. The van der Waals surface area contributed by atoms with Crippen molar-refractivity contribution in [2.24, 2.45) is 0 Å². The molecule has 0 aromatic rings. The topological polar surface area (TPSA) is 122 Å². The molecule has 2 unspecified atom stereocenters. The molecule has 10 heteroatoms. The van der Waals surface area contributed by atoms with Gasteiger partial charge in [-0.05, 0) is 0 Å². The number of carbonyl (C=O) groups excluding carboxylic acids is 1. The lowest BCUT2D eigenvalue weighted by molar-refractivity contribution is -0.793. The van der Waals surface area contributed by atoms with E-state index in [9.17, 15) is 25.0 Å². The van der Waals surface area contributed by atoms with Gasteiger partial charge < -0.3 is 4.84 Å². The molecule has 9 nitrogen and oxygen atoms in total. The number of carbonyl (C=O) groups is 1. The Bertz CT molecular complexity index is 281. The quantitative estimate of drug-likeness (QED) is 0.458. The Morgan fingerprint density at radius 1 is 1.29 bits per heavy atom. The highest BCUT2D eigenvalue weighted by Gasteiger charge is 2.41. The van der Waals surface area contributed by atoms with Gasteiger partial charge in [-0.2, -0.15) is 0 Å². The monoisotopic (exact) mass is 224 g/mol. The zero-order valence-corrected chi connectivity index (χ0v) is 7.34. The van der Waals surface area contributed by atoms with E-state index in [4.69, 9.17) is 0 Å². The van der Waals surface area contributed by atoms with E-state index < -0.39 is 27.5 Å². The molecule has 0 saturated carbocycles. The third kappa shape index (κ3) is 2.45. The number of nitrogens with zero attached hydrogens (tertiary/aromatic N) is 2. The lowest BCUT2D eigenvalue weighted by atomic mass is 10.2. The van der Waals surface area contributed by atoms with Gasteiger partial charge in [0.25, 0.3) is 10.2 Å². The van der Waals surface area contributed by atoms with Gasteiger partial charge in [-0.25, -0.2) is 0 Å². The van der Waals surface area contributed by atoms with Crippen LogP contribution in [0.1, 0.15) is 0 Å². The van der Waals surface area contributed by atoms with Gasteiger partial charge >= 0.3 is 0 Å². The van der Waals surface area contributed by atoms with Gasteiger partial charge in [0, 0.05) is 5.75 Å². The molecule has 78 valence electrons. The van der Waals surface area contributed by atoms with E-state index in [-0.39, 0.29) is 5.75 Å². The normalized spacial score (nSPS) is 25.9. The van der Waals surface area contributed by atoms with Crippen molar-refractivity contribution in [1.29, 1.82) is 0 Å². The van der Waals surface area contributed by atoms with Crippen molar-refractivity contribution in [3.05, 3.63) is 20.2 Å². The van der Waals surface area contributed by atoms with Crippen LogP contribution in [0.15, 0.2) is 0 Å². The van der Waals surface area contributed by atoms with Crippen molar-refractivity contribution in [3.8, 4) is 0 Å².